The van der Waals surface area contributed by atoms with Gasteiger partial charge in [-0.25, -0.2) is 0 Å². The molecule has 1 aliphatic heterocycles. The maximum absolute atomic E-state index is 12.4. The van der Waals surface area contributed by atoms with Gasteiger partial charge in [0.05, 0.1) is 17.6 Å². The van der Waals surface area contributed by atoms with Crippen molar-refractivity contribution in [2.45, 2.75) is 6.23 Å². The van der Waals surface area contributed by atoms with Gasteiger partial charge in [-0.1, -0.05) is 0 Å². The maximum atomic E-state index is 12.4. The fourth-order valence-corrected chi connectivity index (χ4v) is 2.45. The van der Waals surface area contributed by atoms with Crippen LogP contribution in [0.15, 0.2) is 42.5 Å². The van der Waals surface area contributed by atoms with Crippen molar-refractivity contribution in [3.63, 3.8) is 0 Å². The van der Waals surface area contributed by atoms with Crippen LogP contribution in [-0.2, 0) is 0 Å². The van der Waals surface area contributed by atoms with Crippen molar-refractivity contribution in [3.05, 3.63) is 63.7 Å². The van der Waals surface area contributed by atoms with Gasteiger partial charge in [-0.3, -0.25) is 19.8 Å². The third kappa shape index (κ3) is 2.08. The number of nitrogens with zero attached hydrogens (tertiary/aromatic N) is 2. The first kappa shape index (κ1) is 14.0. The maximum Gasteiger partial charge on any atom is 0.270 e. The summed E-state index contributed by atoms with van der Waals surface area (Å²) in [7, 11) is 1.53. The molecule has 3 rings (SSSR count). The smallest absolute Gasteiger partial charge is 0.270 e. The summed E-state index contributed by atoms with van der Waals surface area (Å²) in [5.74, 6) is 0.148. The standard InChI is InChI=1S/C15H12N2O5/c1-22-11-5-2-9(3-6-11)16-14(18)12-7-4-10(17(20)21)8-13(12)15(16)19/h2-8,14,18H,1H3. The van der Waals surface area contributed by atoms with E-state index in [1.165, 1.54) is 30.2 Å². The molecule has 0 spiro atoms. The number of non-ortho nitro benzene ring substituents is 1. The Morgan fingerprint density at radius 3 is 2.50 bits per heavy atom. The minimum atomic E-state index is -1.17. The van der Waals surface area contributed by atoms with E-state index in [9.17, 15) is 20.0 Å². The molecule has 1 heterocycles. The third-order valence-electron chi connectivity index (χ3n) is 3.57. The lowest BCUT2D eigenvalue weighted by molar-refractivity contribution is -0.384. The average Bonchev–Trinajstić information content (AvgIpc) is 2.78. The molecule has 1 aliphatic rings. The van der Waals surface area contributed by atoms with Crippen LogP contribution in [0.3, 0.4) is 0 Å². The number of nitro groups is 1. The molecule has 1 atom stereocenters. The van der Waals surface area contributed by atoms with Gasteiger partial charge in [0, 0.05) is 23.4 Å². The molecule has 2 aromatic rings. The van der Waals surface area contributed by atoms with Crippen LogP contribution >= 0.6 is 0 Å². The number of nitro benzene ring substituents is 1. The van der Waals surface area contributed by atoms with Gasteiger partial charge < -0.3 is 9.84 Å². The summed E-state index contributed by atoms with van der Waals surface area (Å²) < 4.78 is 5.05. The zero-order chi connectivity index (χ0) is 15.9. The Bertz CT molecular complexity index is 757. The van der Waals surface area contributed by atoms with Gasteiger partial charge in [-0.15, -0.1) is 0 Å². The van der Waals surface area contributed by atoms with Crippen LogP contribution in [0.1, 0.15) is 22.1 Å². The van der Waals surface area contributed by atoms with Gasteiger partial charge in [0.2, 0.25) is 0 Å². The van der Waals surface area contributed by atoms with Crippen molar-refractivity contribution in [3.8, 4) is 5.75 Å². The second kappa shape index (κ2) is 5.12. The average molecular weight is 300 g/mol. The van der Waals surface area contributed by atoms with Gasteiger partial charge in [0.25, 0.3) is 11.6 Å². The van der Waals surface area contributed by atoms with Crippen LogP contribution in [0.25, 0.3) is 0 Å². The molecular weight excluding hydrogens is 288 g/mol. The van der Waals surface area contributed by atoms with Crippen LogP contribution in [0.2, 0.25) is 0 Å². The molecule has 0 aromatic heterocycles. The van der Waals surface area contributed by atoms with E-state index in [1.807, 2.05) is 0 Å². The van der Waals surface area contributed by atoms with Crippen LogP contribution in [0.4, 0.5) is 11.4 Å². The van der Waals surface area contributed by atoms with Gasteiger partial charge in [-0.2, -0.15) is 0 Å². The van der Waals surface area contributed by atoms with Crippen molar-refractivity contribution in [1.82, 2.24) is 0 Å². The molecule has 0 fully saturated rings. The van der Waals surface area contributed by atoms with Gasteiger partial charge in [-0.05, 0) is 30.3 Å². The summed E-state index contributed by atoms with van der Waals surface area (Å²) in [5.41, 5.74) is 0.789. The molecule has 0 saturated carbocycles. The topological polar surface area (TPSA) is 92.9 Å². The summed E-state index contributed by atoms with van der Waals surface area (Å²) in [5, 5.41) is 21.1. The van der Waals surface area contributed by atoms with Crippen LogP contribution < -0.4 is 9.64 Å². The molecule has 7 heteroatoms. The minimum absolute atomic E-state index is 0.137. The molecule has 0 aliphatic carbocycles. The van der Waals surface area contributed by atoms with Crippen molar-refractivity contribution in [1.29, 1.82) is 0 Å². The minimum Gasteiger partial charge on any atom is -0.497 e. The number of hydrogen-bond acceptors (Lipinski definition) is 5. The highest BCUT2D eigenvalue weighted by Gasteiger charge is 2.37. The highest BCUT2D eigenvalue weighted by molar-refractivity contribution is 6.11. The number of hydrogen-bond donors (Lipinski definition) is 1. The van der Waals surface area contributed by atoms with E-state index in [4.69, 9.17) is 4.74 Å². The Morgan fingerprint density at radius 1 is 1.23 bits per heavy atom. The number of aliphatic hydroxyl groups is 1. The van der Waals surface area contributed by atoms with E-state index in [1.54, 1.807) is 24.3 Å². The summed E-state index contributed by atoms with van der Waals surface area (Å²) in [6, 6.07) is 10.5. The first-order valence-electron chi connectivity index (χ1n) is 6.47. The van der Waals surface area contributed by atoms with Crippen LogP contribution in [-0.4, -0.2) is 23.0 Å². The zero-order valence-corrected chi connectivity index (χ0v) is 11.6. The summed E-state index contributed by atoms with van der Waals surface area (Å²) in [4.78, 5) is 23.9. The number of methoxy groups -OCH3 is 1. The quantitative estimate of drug-likeness (QED) is 0.693. The lowest BCUT2D eigenvalue weighted by atomic mass is 10.1. The summed E-state index contributed by atoms with van der Waals surface area (Å²) in [6.07, 6.45) is -1.17. The van der Waals surface area contributed by atoms with Crippen molar-refractivity contribution < 1.29 is 19.6 Å². The van der Waals surface area contributed by atoms with Gasteiger partial charge in [0.1, 0.15) is 5.75 Å². The lowest BCUT2D eigenvalue weighted by Crippen LogP contribution is -2.27. The molecule has 0 bridgehead atoms. The molecule has 1 amide bonds. The second-order valence-electron chi connectivity index (χ2n) is 4.78. The number of carbonyl (C=O) groups is 1. The zero-order valence-electron chi connectivity index (χ0n) is 11.6. The fourth-order valence-electron chi connectivity index (χ4n) is 2.45. The predicted octanol–water partition coefficient (Wildman–Crippen LogP) is 2.25. The molecular formula is C15H12N2O5. The van der Waals surface area contributed by atoms with Gasteiger partial charge >= 0.3 is 0 Å². The molecule has 2 aromatic carbocycles. The Balaban J connectivity index is 2.01. The monoisotopic (exact) mass is 300 g/mol. The van der Waals surface area contributed by atoms with Crippen LogP contribution in [0, 0.1) is 10.1 Å². The second-order valence-corrected chi connectivity index (χ2v) is 4.78. The normalized spacial score (nSPS) is 16.5. The number of aliphatic hydroxyl groups excluding tert-OH is 1. The van der Waals surface area contributed by atoms with Gasteiger partial charge in [0.15, 0.2) is 6.23 Å². The number of ether oxygens (including phenoxy) is 1. The summed E-state index contributed by atoms with van der Waals surface area (Å²) >= 11 is 0. The van der Waals surface area contributed by atoms with E-state index in [0.29, 0.717) is 17.0 Å². The van der Waals surface area contributed by atoms with E-state index < -0.39 is 17.1 Å². The Labute approximate surface area is 125 Å². The number of amides is 1. The summed E-state index contributed by atoms with van der Waals surface area (Å²) in [6.45, 7) is 0. The molecule has 0 radical (unpaired) electrons. The molecule has 1 N–H and O–H groups in total. The highest BCUT2D eigenvalue weighted by atomic mass is 16.6. The highest BCUT2D eigenvalue weighted by Crippen LogP contribution is 2.37. The van der Waals surface area contributed by atoms with Crippen molar-refractivity contribution >= 4 is 17.3 Å². The van der Waals surface area contributed by atoms with E-state index in [2.05, 4.69) is 0 Å². The fraction of sp³-hybridized carbons (Fsp3) is 0.133. The largest absolute Gasteiger partial charge is 0.497 e. The molecule has 7 nitrogen and oxygen atoms in total. The van der Waals surface area contributed by atoms with E-state index in [-0.39, 0.29) is 11.3 Å². The molecule has 22 heavy (non-hydrogen) atoms. The lowest BCUT2D eigenvalue weighted by Gasteiger charge is -2.21. The number of rotatable bonds is 3. The Morgan fingerprint density at radius 2 is 1.91 bits per heavy atom. The first-order chi connectivity index (χ1) is 10.5. The molecule has 112 valence electrons. The van der Waals surface area contributed by atoms with E-state index >= 15 is 0 Å². The predicted molar refractivity (Wildman–Crippen MR) is 77.9 cm³/mol. The number of benzene rings is 2. The first-order valence-corrected chi connectivity index (χ1v) is 6.47. The number of anilines is 1. The molecule has 1 unspecified atom stereocenters. The Kier molecular flexibility index (Phi) is 3.26. The van der Waals surface area contributed by atoms with Crippen molar-refractivity contribution in [2.24, 2.45) is 0 Å². The Hall–Kier alpha value is -2.93. The number of carbonyl (C=O) groups excluding carboxylic acids is 1. The van der Waals surface area contributed by atoms with Crippen LogP contribution in [0.5, 0.6) is 5.75 Å². The number of fused-ring (bicyclic) bond motifs is 1. The molecule has 0 saturated heterocycles. The SMILES string of the molecule is COc1ccc(N2C(=O)c3cc([N+](=O)[O-])ccc3C2O)cc1. The van der Waals surface area contributed by atoms with E-state index in [0.717, 1.165) is 0 Å². The third-order valence-corrected chi connectivity index (χ3v) is 3.57. The van der Waals surface area contributed by atoms with Crippen molar-refractivity contribution in [2.75, 3.05) is 12.0 Å².